The first-order chi connectivity index (χ1) is 12.2. The highest BCUT2D eigenvalue weighted by Crippen LogP contribution is 2.20. The highest BCUT2D eigenvalue weighted by atomic mass is 16.5. The van der Waals surface area contributed by atoms with Gasteiger partial charge < -0.3 is 14.2 Å². The monoisotopic (exact) mass is 340 g/mol. The fourth-order valence-corrected chi connectivity index (χ4v) is 2.97. The van der Waals surface area contributed by atoms with E-state index < -0.39 is 5.97 Å². The van der Waals surface area contributed by atoms with E-state index in [1.807, 2.05) is 12.1 Å². The molecule has 0 bridgehead atoms. The number of hydrogen-bond donors (Lipinski definition) is 0. The number of benzene rings is 1. The number of ether oxygens (including phenoxy) is 1. The average molecular weight is 340 g/mol. The number of anilines is 1. The van der Waals surface area contributed by atoms with Gasteiger partial charge in [0.25, 0.3) is 0 Å². The van der Waals surface area contributed by atoms with Crippen LogP contribution >= 0.6 is 0 Å². The molecule has 0 aliphatic carbocycles. The molecule has 1 aliphatic heterocycles. The number of esters is 1. The molecule has 3 rings (SSSR count). The Labute approximate surface area is 148 Å². The maximum absolute atomic E-state index is 11.8. The lowest BCUT2D eigenvalue weighted by Gasteiger charge is -2.22. The van der Waals surface area contributed by atoms with Crippen molar-refractivity contribution >= 4 is 17.7 Å². The van der Waals surface area contributed by atoms with Crippen LogP contribution in [-0.2, 0) is 16.1 Å². The van der Waals surface area contributed by atoms with Gasteiger partial charge in [0.1, 0.15) is 18.1 Å². The molecule has 25 heavy (non-hydrogen) atoms. The Hall–Kier alpha value is -2.56. The van der Waals surface area contributed by atoms with Gasteiger partial charge in [-0.3, -0.25) is 0 Å². The summed E-state index contributed by atoms with van der Waals surface area (Å²) in [5.41, 5.74) is 2.84. The number of aryl methyl sites for hydroxylation is 1. The number of carbonyl (C=O) groups excluding carboxylic acids is 1. The summed E-state index contributed by atoms with van der Waals surface area (Å²) in [5.74, 6) is 0.309. The van der Waals surface area contributed by atoms with Gasteiger partial charge in [-0.1, -0.05) is 30.1 Å². The van der Waals surface area contributed by atoms with E-state index in [4.69, 9.17) is 9.26 Å². The predicted molar refractivity (Wildman–Crippen MR) is 97.2 cm³/mol. The summed E-state index contributed by atoms with van der Waals surface area (Å²) in [6, 6.07) is 10.1. The summed E-state index contributed by atoms with van der Waals surface area (Å²) in [4.78, 5) is 14.2. The lowest BCUT2D eigenvalue weighted by Crippen LogP contribution is -2.23. The van der Waals surface area contributed by atoms with Crippen LogP contribution in [-0.4, -0.2) is 24.2 Å². The topological polar surface area (TPSA) is 55.6 Å². The van der Waals surface area contributed by atoms with Gasteiger partial charge in [-0.05, 0) is 43.5 Å². The second-order valence-corrected chi connectivity index (χ2v) is 6.36. The fraction of sp³-hybridized carbons (Fsp3) is 0.400. The lowest BCUT2D eigenvalue weighted by molar-refractivity contribution is -0.139. The smallest absolute Gasteiger partial charge is 0.331 e. The number of aromatic nitrogens is 1. The van der Waals surface area contributed by atoms with Crippen molar-refractivity contribution in [2.24, 2.45) is 0 Å². The van der Waals surface area contributed by atoms with E-state index in [2.05, 4.69) is 22.2 Å². The van der Waals surface area contributed by atoms with Crippen LogP contribution in [0.2, 0.25) is 0 Å². The van der Waals surface area contributed by atoms with Crippen LogP contribution < -0.4 is 4.90 Å². The summed E-state index contributed by atoms with van der Waals surface area (Å²) in [7, 11) is 0. The van der Waals surface area contributed by atoms with Crippen molar-refractivity contribution in [1.82, 2.24) is 5.16 Å². The van der Waals surface area contributed by atoms with Crippen molar-refractivity contribution in [3.63, 3.8) is 0 Å². The Bertz CT molecular complexity index is 711. The third-order valence-corrected chi connectivity index (χ3v) is 4.32. The molecule has 0 unspecified atom stereocenters. The molecule has 0 amide bonds. The zero-order chi connectivity index (χ0) is 17.5. The maximum atomic E-state index is 11.8. The van der Waals surface area contributed by atoms with Crippen molar-refractivity contribution in [1.29, 1.82) is 0 Å². The first kappa shape index (κ1) is 17.3. The van der Waals surface area contributed by atoms with E-state index in [-0.39, 0.29) is 6.61 Å². The molecule has 132 valence electrons. The predicted octanol–water partition coefficient (Wildman–Crippen LogP) is 4.12. The quantitative estimate of drug-likeness (QED) is 0.605. The molecule has 1 aromatic carbocycles. The number of hydrogen-bond acceptors (Lipinski definition) is 5. The zero-order valence-corrected chi connectivity index (χ0v) is 14.6. The van der Waals surface area contributed by atoms with E-state index in [0.29, 0.717) is 11.5 Å². The molecule has 2 aromatic rings. The van der Waals surface area contributed by atoms with Gasteiger partial charge in [0, 0.05) is 30.9 Å². The summed E-state index contributed by atoms with van der Waals surface area (Å²) in [6.07, 6.45) is 8.38. The van der Waals surface area contributed by atoms with Crippen molar-refractivity contribution < 1.29 is 14.1 Å². The van der Waals surface area contributed by atoms with Gasteiger partial charge in [0.2, 0.25) is 0 Å². The van der Waals surface area contributed by atoms with Crippen LogP contribution in [0, 0.1) is 6.92 Å². The van der Waals surface area contributed by atoms with Crippen molar-refractivity contribution in [3.05, 3.63) is 53.4 Å². The minimum absolute atomic E-state index is 0.119. The van der Waals surface area contributed by atoms with Crippen LogP contribution in [0.4, 0.5) is 5.69 Å². The number of carbonyl (C=O) groups is 1. The van der Waals surface area contributed by atoms with Crippen LogP contribution in [0.1, 0.15) is 42.7 Å². The van der Waals surface area contributed by atoms with Gasteiger partial charge in [-0.2, -0.15) is 0 Å². The highest BCUT2D eigenvalue weighted by Gasteiger charge is 2.09. The largest absolute Gasteiger partial charge is 0.456 e. The fourth-order valence-electron chi connectivity index (χ4n) is 2.97. The number of rotatable bonds is 5. The Kier molecular flexibility index (Phi) is 5.88. The summed E-state index contributed by atoms with van der Waals surface area (Å²) in [5, 5.41) is 3.79. The minimum Gasteiger partial charge on any atom is -0.456 e. The van der Waals surface area contributed by atoms with E-state index in [9.17, 15) is 4.79 Å². The lowest BCUT2D eigenvalue weighted by atomic mass is 10.1. The van der Waals surface area contributed by atoms with Crippen molar-refractivity contribution in [2.45, 2.75) is 39.2 Å². The molecule has 1 aliphatic rings. The van der Waals surface area contributed by atoms with E-state index >= 15 is 0 Å². The van der Waals surface area contributed by atoms with Crippen molar-refractivity contribution in [2.75, 3.05) is 18.0 Å². The van der Waals surface area contributed by atoms with E-state index in [1.165, 1.54) is 37.4 Å². The molecule has 5 heteroatoms. The summed E-state index contributed by atoms with van der Waals surface area (Å²) in [6.45, 7) is 4.17. The molecule has 0 radical (unpaired) electrons. The van der Waals surface area contributed by atoms with Crippen LogP contribution in [0.5, 0.6) is 0 Å². The summed E-state index contributed by atoms with van der Waals surface area (Å²) >= 11 is 0. The molecule has 5 nitrogen and oxygen atoms in total. The second kappa shape index (κ2) is 8.51. The van der Waals surface area contributed by atoms with Gasteiger partial charge in [0.05, 0.1) is 0 Å². The highest BCUT2D eigenvalue weighted by molar-refractivity contribution is 5.87. The molecular weight excluding hydrogens is 316 g/mol. The minimum atomic E-state index is -0.391. The molecule has 1 saturated heterocycles. The third-order valence-electron chi connectivity index (χ3n) is 4.32. The second-order valence-electron chi connectivity index (χ2n) is 6.36. The molecule has 0 spiro atoms. The molecule has 0 atom stereocenters. The Morgan fingerprint density at radius 2 is 1.92 bits per heavy atom. The van der Waals surface area contributed by atoms with Gasteiger partial charge in [0.15, 0.2) is 0 Å². The van der Waals surface area contributed by atoms with Gasteiger partial charge in [-0.25, -0.2) is 4.79 Å². The SMILES string of the molecule is Cc1cc(COC(=O)/C=C/c2ccc(N3CCCCCC3)cc2)no1. The van der Waals surface area contributed by atoms with Gasteiger partial charge in [-0.15, -0.1) is 0 Å². The normalized spacial score (nSPS) is 15.3. The maximum Gasteiger partial charge on any atom is 0.331 e. The molecular formula is C20H24N2O3. The van der Waals surface area contributed by atoms with Crippen LogP contribution in [0.15, 0.2) is 40.9 Å². The zero-order valence-electron chi connectivity index (χ0n) is 14.6. The van der Waals surface area contributed by atoms with E-state index in [1.54, 1.807) is 19.1 Å². The van der Waals surface area contributed by atoms with Crippen molar-refractivity contribution in [3.8, 4) is 0 Å². The Morgan fingerprint density at radius 1 is 1.20 bits per heavy atom. The average Bonchev–Trinajstić information content (AvgIpc) is 2.87. The molecule has 2 heterocycles. The molecule has 0 saturated carbocycles. The number of nitrogens with zero attached hydrogens (tertiary/aromatic N) is 2. The molecule has 1 aromatic heterocycles. The molecule has 1 fully saturated rings. The summed E-state index contributed by atoms with van der Waals surface area (Å²) < 4.78 is 10.1. The third kappa shape index (κ3) is 5.21. The molecule has 0 N–H and O–H groups in total. The standard InChI is InChI=1S/C20H24N2O3/c1-16-14-18(21-25-16)15-24-20(23)11-8-17-6-9-19(10-7-17)22-12-4-2-3-5-13-22/h6-11,14H,2-5,12-13,15H2,1H3/b11-8+. The van der Waals surface area contributed by atoms with Gasteiger partial charge >= 0.3 is 5.97 Å². The first-order valence-corrected chi connectivity index (χ1v) is 8.83. The van der Waals surface area contributed by atoms with E-state index in [0.717, 1.165) is 18.7 Å². The Morgan fingerprint density at radius 3 is 2.56 bits per heavy atom. The van der Waals surface area contributed by atoms with Crippen LogP contribution in [0.3, 0.4) is 0 Å². The van der Waals surface area contributed by atoms with Crippen LogP contribution in [0.25, 0.3) is 6.08 Å². The Balaban J connectivity index is 1.51. The first-order valence-electron chi connectivity index (χ1n) is 8.83.